The fraction of sp³-hybridized carbons (Fsp3) is 1.00. The van der Waals surface area contributed by atoms with Crippen molar-refractivity contribution in [2.24, 2.45) is 23.7 Å². The molecule has 0 N–H and O–H groups in total. The van der Waals surface area contributed by atoms with Crippen LogP contribution in [0.2, 0.25) is 0 Å². The summed E-state index contributed by atoms with van der Waals surface area (Å²) in [5, 5.41) is 0. The third kappa shape index (κ3) is 2.71. The first-order valence-electron chi connectivity index (χ1n) is 8.63. The van der Waals surface area contributed by atoms with Gasteiger partial charge >= 0.3 is 0 Å². The monoisotopic (exact) mass is 264 g/mol. The number of rotatable bonds is 6. The van der Waals surface area contributed by atoms with Crippen LogP contribution in [0, 0.1) is 23.7 Å². The lowest BCUT2D eigenvalue weighted by atomic mass is 9.54. The smallest absolute Gasteiger partial charge is 0.0150 e. The lowest BCUT2D eigenvalue weighted by Gasteiger charge is -2.56. The van der Waals surface area contributed by atoms with Crippen LogP contribution >= 0.6 is 0 Å². The predicted octanol–water partition coefficient (Wildman–Crippen LogP) is 3.08. The van der Waals surface area contributed by atoms with Gasteiger partial charge in [0.25, 0.3) is 0 Å². The second kappa shape index (κ2) is 5.73. The van der Waals surface area contributed by atoms with Gasteiger partial charge in [-0.25, -0.2) is 0 Å². The molecule has 110 valence electrons. The molecule has 0 heterocycles. The van der Waals surface area contributed by atoms with E-state index in [0.717, 1.165) is 29.7 Å². The minimum absolute atomic E-state index is 0.920. The van der Waals surface area contributed by atoms with E-state index in [0.29, 0.717) is 0 Å². The van der Waals surface area contributed by atoms with Gasteiger partial charge < -0.3 is 9.80 Å². The van der Waals surface area contributed by atoms with Gasteiger partial charge in [-0.2, -0.15) is 0 Å². The zero-order valence-electron chi connectivity index (χ0n) is 13.1. The Hall–Kier alpha value is -0.0800. The van der Waals surface area contributed by atoms with Gasteiger partial charge in [-0.05, 0) is 75.9 Å². The van der Waals surface area contributed by atoms with Crippen LogP contribution in [0.3, 0.4) is 0 Å². The topological polar surface area (TPSA) is 6.48 Å². The highest BCUT2D eigenvalue weighted by Crippen LogP contribution is 2.54. The maximum Gasteiger partial charge on any atom is 0.0150 e. The highest BCUT2D eigenvalue weighted by molar-refractivity contribution is 5.01. The molecule has 2 heteroatoms. The molecule has 19 heavy (non-hydrogen) atoms. The van der Waals surface area contributed by atoms with E-state index in [1.807, 2.05) is 0 Å². The summed E-state index contributed by atoms with van der Waals surface area (Å²) in [7, 11) is 2.40. The SMILES string of the molecule is CCN(CC)CCN(C)C1C2CC3CC(C2)CC1C3. The van der Waals surface area contributed by atoms with Gasteiger partial charge in [0.15, 0.2) is 0 Å². The Morgan fingerprint density at radius 2 is 1.32 bits per heavy atom. The van der Waals surface area contributed by atoms with Gasteiger partial charge in [-0.1, -0.05) is 13.8 Å². The van der Waals surface area contributed by atoms with E-state index in [4.69, 9.17) is 0 Å². The van der Waals surface area contributed by atoms with Gasteiger partial charge in [-0.3, -0.25) is 0 Å². The number of nitrogens with zero attached hydrogens (tertiary/aromatic N) is 2. The van der Waals surface area contributed by atoms with Crippen molar-refractivity contribution in [2.75, 3.05) is 33.2 Å². The Balaban J connectivity index is 1.56. The van der Waals surface area contributed by atoms with Crippen molar-refractivity contribution in [1.82, 2.24) is 9.80 Å². The summed E-state index contributed by atoms with van der Waals surface area (Å²) >= 11 is 0. The van der Waals surface area contributed by atoms with Crippen LogP contribution in [0.1, 0.15) is 46.0 Å². The molecule has 0 saturated heterocycles. The number of likely N-dealkylation sites (N-methyl/N-ethyl adjacent to an activating group) is 2. The number of hydrogen-bond donors (Lipinski definition) is 0. The first-order chi connectivity index (χ1) is 9.21. The lowest BCUT2D eigenvalue weighted by molar-refractivity contribution is -0.0587. The van der Waals surface area contributed by atoms with Crippen LogP contribution in [0.4, 0.5) is 0 Å². The van der Waals surface area contributed by atoms with Crippen LogP contribution in [-0.2, 0) is 0 Å². The Morgan fingerprint density at radius 3 is 1.79 bits per heavy atom. The molecule has 4 aliphatic rings. The van der Waals surface area contributed by atoms with E-state index in [2.05, 4.69) is 30.7 Å². The summed E-state index contributed by atoms with van der Waals surface area (Å²) in [5.74, 6) is 4.29. The van der Waals surface area contributed by atoms with E-state index in [1.54, 1.807) is 32.1 Å². The zero-order chi connectivity index (χ0) is 13.4. The molecular formula is C17H32N2. The van der Waals surface area contributed by atoms with Gasteiger partial charge in [0.2, 0.25) is 0 Å². The van der Waals surface area contributed by atoms with Crippen LogP contribution in [0.25, 0.3) is 0 Å². The van der Waals surface area contributed by atoms with Gasteiger partial charge in [0, 0.05) is 19.1 Å². The standard InChI is InChI=1S/C17H32N2/c1-4-19(5-2)7-6-18(3)17-15-9-13-8-14(11-15)12-16(17)10-13/h13-17H,4-12H2,1-3H3. The molecule has 2 nitrogen and oxygen atoms in total. The third-order valence-electron chi connectivity index (χ3n) is 6.35. The minimum atomic E-state index is 0.920. The van der Waals surface area contributed by atoms with Gasteiger partial charge in [0.05, 0.1) is 0 Å². The van der Waals surface area contributed by atoms with Crippen LogP contribution in [0.5, 0.6) is 0 Å². The van der Waals surface area contributed by atoms with Crippen molar-refractivity contribution >= 4 is 0 Å². The van der Waals surface area contributed by atoms with Crippen LogP contribution < -0.4 is 0 Å². The molecule has 0 aromatic carbocycles. The molecule has 0 radical (unpaired) electrons. The normalized spacial score (nSPS) is 40.6. The van der Waals surface area contributed by atoms with Crippen molar-refractivity contribution < 1.29 is 0 Å². The Bertz CT molecular complexity index is 270. The first-order valence-corrected chi connectivity index (χ1v) is 8.63. The fourth-order valence-corrected chi connectivity index (χ4v) is 5.60. The van der Waals surface area contributed by atoms with Crippen molar-refractivity contribution in [3.05, 3.63) is 0 Å². The van der Waals surface area contributed by atoms with Crippen LogP contribution in [0.15, 0.2) is 0 Å². The van der Waals surface area contributed by atoms with Crippen molar-refractivity contribution in [3.8, 4) is 0 Å². The molecule has 4 rings (SSSR count). The molecule has 4 saturated carbocycles. The zero-order valence-corrected chi connectivity index (χ0v) is 13.1. The molecule has 0 aromatic rings. The average Bonchev–Trinajstić information content (AvgIpc) is 2.38. The van der Waals surface area contributed by atoms with Crippen molar-refractivity contribution in [2.45, 2.75) is 52.0 Å². The van der Waals surface area contributed by atoms with Gasteiger partial charge in [-0.15, -0.1) is 0 Å². The summed E-state index contributed by atoms with van der Waals surface area (Å²) < 4.78 is 0. The molecule has 0 unspecified atom stereocenters. The molecule has 0 aromatic heterocycles. The van der Waals surface area contributed by atoms with E-state index in [1.165, 1.54) is 26.2 Å². The summed E-state index contributed by atoms with van der Waals surface area (Å²) in [6.07, 6.45) is 7.77. The van der Waals surface area contributed by atoms with E-state index in [9.17, 15) is 0 Å². The number of hydrogen-bond acceptors (Lipinski definition) is 2. The highest BCUT2D eigenvalue weighted by atomic mass is 15.2. The van der Waals surface area contributed by atoms with Crippen molar-refractivity contribution in [1.29, 1.82) is 0 Å². The van der Waals surface area contributed by atoms with E-state index in [-0.39, 0.29) is 0 Å². The third-order valence-corrected chi connectivity index (χ3v) is 6.35. The summed E-state index contributed by atoms with van der Waals surface area (Å²) in [6.45, 7) is 9.50. The molecule has 4 fully saturated rings. The minimum Gasteiger partial charge on any atom is -0.303 e. The summed E-state index contributed by atoms with van der Waals surface area (Å²) in [4.78, 5) is 5.29. The van der Waals surface area contributed by atoms with E-state index >= 15 is 0 Å². The predicted molar refractivity (Wildman–Crippen MR) is 81.3 cm³/mol. The maximum absolute atomic E-state index is 2.73. The fourth-order valence-electron chi connectivity index (χ4n) is 5.60. The largest absolute Gasteiger partial charge is 0.303 e. The van der Waals surface area contributed by atoms with Crippen molar-refractivity contribution in [3.63, 3.8) is 0 Å². The first kappa shape index (κ1) is 13.9. The van der Waals surface area contributed by atoms with Crippen LogP contribution in [-0.4, -0.2) is 49.1 Å². The Labute approximate surface area is 119 Å². The summed E-state index contributed by atoms with van der Waals surface area (Å²) in [5.41, 5.74) is 0. The highest BCUT2D eigenvalue weighted by Gasteiger charge is 2.49. The maximum atomic E-state index is 2.73. The molecule has 0 aliphatic heterocycles. The summed E-state index contributed by atoms with van der Waals surface area (Å²) in [6, 6.07) is 0.920. The quantitative estimate of drug-likeness (QED) is 0.727. The molecule has 0 amide bonds. The Morgan fingerprint density at radius 1 is 0.789 bits per heavy atom. The molecule has 0 spiro atoms. The Kier molecular flexibility index (Phi) is 4.19. The molecule has 0 atom stereocenters. The van der Waals surface area contributed by atoms with E-state index < -0.39 is 0 Å². The molecule has 4 bridgehead atoms. The average molecular weight is 264 g/mol. The second-order valence-corrected chi connectivity index (χ2v) is 7.43. The van der Waals surface area contributed by atoms with Gasteiger partial charge in [0.1, 0.15) is 0 Å². The second-order valence-electron chi connectivity index (χ2n) is 7.43. The molecular weight excluding hydrogens is 232 g/mol. The molecule has 4 aliphatic carbocycles. The lowest BCUT2D eigenvalue weighted by Crippen LogP contribution is -2.55.